The number of hydrogen-bond acceptors (Lipinski definition) is 4. The summed E-state index contributed by atoms with van der Waals surface area (Å²) in [6.07, 6.45) is 2.10. The molecule has 2 aliphatic rings. The van der Waals surface area contributed by atoms with Crippen LogP contribution in [0.4, 0.5) is 14.6 Å². The average molecular weight is 333 g/mol. The summed E-state index contributed by atoms with van der Waals surface area (Å²) in [6.45, 7) is 1.04. The maximum Gasteiger partial charge on any atom is 0.262 e. The third kappa shape index (κ3) is 3.84. The molecule has 122 valence electrons. The van der Waals surface area contributed by atoms with E-state index in [2.05, 4.69) is 20.5 Å². The van der Waals surface area contributed by atoms with Crippen molar-refractivity contribution in [2.24, 2.45) is 0 Å². The van der Waals surface area contributed by atoms with Crippen molar-refractivity contribution in [1.82, 2.24) is 15.6 Å². The van der Waals surface area contributed by atoms with E-state index in [1.807, 2.05) is 18.2 Å². The van der Waals surface area contributed by atoms with Gasteiger partial charge in [-0.15, -0.1) is 12.4 Å². The zero-order valence-corrected chi connectivity index (χ0v) is 12.8. The van der Waals surface area contributed by atoms with Gasteiger partial charge in [0.2, 0.25) is 5.91 Å². The summed E-state index contributed by atoms with van der Waals surface area (Å²) >= 11 is 0. The van der Waals surface area contributed by atoms with Crippen LogP contribution in [0, 0.1) is 0 Å². The lowest BCUT2D eigenvalue weighted by atomic mass is 10.1. The summed E-state index contributed by atoms with van der Waals surface area (Å²) in [6, 6.07) is 4.88. The topological polar surface area (TPSA) is 57.3 Å². The fourth-order valence-electron chi connectivity index (χ4n) is 2.83. The Kier molecular flexibility index (Phi) is 5.18. The van der Waals surface area contributed by atoms with E-state index in [0.717, 1.165) is 18.8 Å². The quantitative estimate of drug-likeness (QED) is 0.873. The lowest BCUT2D eigenvalue weighted by Crippen LogP contribution is -2.46. The molecule has 2 fully saturated rings. The van der Waals surface area contributed by atoms with Gasteiger partial charge in [0.05, 0.1) is 12.6 Å². The van der Waals surface area contributed by atoms with Crippen LogP contribution in [0.5, 0.6) is 0 Å². The second-order valence-electron chi connectivity index (χ2n) is 5.62. The van der Waals surface area contributed by atoms with E-state index in [1.54, 1.807) is 6.20 Å². The van der Waals surface area contributed by atoms with E-state index in [4.69, 9.17) is 0 Å². The fraction of sp³-hybridized carbons (Fsp3) is 0.571. The van der Waals surface area contributed by atoms with Gasteiger partial charge in [0, 0.05) is 31.7 Å². The first-order valence-corrected chi connectivity index (χ1v) is 7.11. The standard InChI is InChI=1S/C14H18F2N4O.ClH/c15-14(16)7-11(18-9-14)13(21)19-10-4-6-20(8-10)12-3-1-2-5-17-12;/h1-3,5,10-11,18H,4,6-9H2,(H,19,21);1H. The Bertz CT molecular complexity index is 517. The average Bonchev–Trinajstić information content (AvgIpc) is 3.06. The monoisotopic (exact) mass is 332 g/mol. The summed E-state index contributed by atoms with van der Waals surface area (Å²) < 4.78 is 26.2. The number of carbonyl (C=O) groups is 1. The number of pyridine rings is 1. The molecule has 0 radical (unpaired) electrons. The number of rotatable bonds is 3. The third-order valence-electron chi connectivity index (χ3n) is 3.93. The molecule has 2 N–H and O–H groups in total. The molecular formula is C14H19ClF2N4O. The second-order valence-corrected chi connectivity index (χ2v) is 5.62. The van der Waals surface area contributed by atoms with Crippen molar-refractivity contribution in [1.29, 1.82) is 0 Å². The molecule has 5 nitrogen and oxygen atoms in total. The minimum absolute atomic E-state index is 0. The molecule has 0 saturated carbocycles. The van der Waals surface area contributed by atoms with E-state index in [0.29, 0.717) is 6.54 Å². The molecule has 2 saturated heterocycles. The van der Waals surface area contributed by atoms with Gasteiger partial charge in [0.1, 0.15) is 5.82 Å². The molecular weight excluding hydrogens is 314 g/mol. The number of nitrogens with zero attached hydrogens (tertiary/aromatic N) is 2. The van der Waals surface area contributed by atoms with Gasteiger partial charge in [-0.3, -0.25) is 10.1 Å². The number of carbonyl (C=O) groups excluding carboxylic acids is 1. The van der Waals surface area contributed by atoms with Crippen LogP contribution >= 0.6 is 12.4 Å². The first-order valence-electron chi connectivity index (χ1n) is 7.11. The number of hydrogen-bond donors (Lipinski definition) is 2. The zero-order chi connectivity index (χ0) is 14.9. The van der Waals surface area contributed by atoms with Gasteiger partial charge < -0.3 is 10.2 Å². The van der Waals surface area contributed by atoms with Crippen LogP contribution in [0.3, 0.4) is 0 Å². The molecule has 1 aromatic heterocycles. The molecule has 1 amide bonds. The summed E-state index contributed by atoms with van der Waals surface area (Å²) in [5.74, 6) is -2.24. The highest BCUT2D eigenvalue weighted by atomic mass is 35.5. The Labute approximate surface area is 133 Å². The Morgan fingerprint density at radius 1 is 1.45 bits per heavy atom. The van der Waals surface area contributed by atoms with E-state index in [9.17, 15) is 13.6 Å². The van der Waals surface area contributed by atoms with Crippen LogP contribution in [0.1, 0.15) is 12.8 Å². The van der Waals surface area contributed by atoms with Crippen molar-refractivity contribution in [3.8, 4) is 0 Å². The van der Waals surface area contributed by atoms with E-state index < -0.39 is 24.9 Å². The van der Waals surface area contributed by atoms with Crippen LogP contribution in [0.15, 0.2) is 24.4 Å². The van der Waals surface area contributed by atoms with E-state index in [-0.39, 0.29) is 24.4 Å². The molecule has 3 heterocycles. The number of nitrogens with one attached hydrogen (secondary N) is 2. The molecule has 8 heteroatoms. The summed E-state index contributed by atoms with van der Waals surface area (Å²) in [4.78, 5) is 18.3. The minimum atomic E-state index is -2.78. The molecule has 22 heavy (non-hydrogen) atoms. The first-order chi connectivity index (χ1) is 10.0. The SMILES string of the molecule is Cl.O=C(NC1CCN(c2ccccn2)C1)C1CC(F)(F)CN1. The number of alkyl halides is 2. The lowest BCUT2D eigenvalue weighted by Gasteiger charge is -2.19. The van der Waals surface area contributed by atoms with Crippen LogP contribution < -0.4 is 15.5 Å². The number of aromatic nitrogens is 1. The Morgan fingerprint density at radius 3 is 2.91 bits per heavy atom. The molecule has 2 unspecified atom stereocenters. The van der Waals surface area contributed by atoms with Gasteiger partial charge in [-0.05, 0) is 18.6 Å². The summed E-state index contributed by atoms with van der Waals surface area (Å²) in [5, 5.41) is 5.43. The highest BCUT2D eigenvalue weighted by Crippen LogP contribution is 2.25. The van der Waals surface area contributed by atoms with E-state index in [1.165, 1.54) is 0 Å². The summed E-state index contributed by atoms with van der Waals surface area (Å²) in [7, 11) is 0. The maximum atomic E-state index is 13.1. The van der Waals surface area contributed by atoms with Crippen molar-refractivity contribution in [3.05, 3.63) is 24.4 Å². The van der Waals surface area contributed by atoms with Crippen LogP contribution in [0.2, 0.25) is 0 Å². The minimum Gasteiger partial charge on any atom is -0.354 e. The normalized spacial score (nSPS) is 26.5. The predicted octanol–water partition coefficient (Wildman–Crippen LogP) is 1.20. The van der Waals surface area contributed by atoms with Crippen molar-refractivity contribution < 1.29 is 13.6 Å². The van der Waals surface area contributed by atoms with Gasteiger partial charge in [-0.1, -0.05) is 6.07 Å². The van der Waals surface area contributed by atoms with E-state index >= 15 is 0 Å². The van der Waals surface area contributed by atoms with Gasteiger partial charge in [0.15, 0.2) is 0 Å². The number of halogens is 3. The van der Waals surface area contributed by atoms with Crippen LogP contribution in [-0.4, -0.2) is 48.5 Å². The highest BCUT2D eigenvalue weighted by molar-refractivity contribution is 5.85. The smallest absolute Gasteiger partial charge is 0.262 e. The van der Waals surface area contributed by atoms with Gasteiger partial charge in [-0.2, -0.15) is 0 Å². The lowest BCUT2D eigenvalue weighted by molar-refractivity contribution is -0.124. The number of amides is 1. The second kappa shape index (κ2) is 6.75. The largest absolute Gasteiger partial charge is 0.354 e. The Hall–Kier alpha value is -1.47. The molecule has 0 aliphatic carbocycles. The molecule has 0 aromatic carbocycles. The molecule has 3 rings (SSSR count). The molecule has 1 aromatic rings. The Morgan fingerprint density at radius 2 is 2.27 bits per heavy atom. The summed E-state index contributed by atoms with van der Waals surface area (Å²) in [5.41, 5.74) is 0. The predicted molar refractivity (Wildman–Crippen MR) is 81.6 cm³/mol. The first kappa shape index (κ1) is 16.9. The molecule has 2 aliphatic heterocycles. The van der Waals surface area contributed by atoms with Crippen molar-refractivity contribution >= 4 is 24.1 Å². The van der Waals surface area contributed by atoms with Gasteiger partial charge in [-0.25, -0.2) is 13.8 Å². The number of anilines is 1. The van der Waals surface area contributed by atoms with Crippen molar-refractivity contribution in [2.75, 3.05) is 24.5 Å². The third-order valence-corrected chi connectivity index (χ3v) is 3.93. The van der Waals surface area contributed by atoms with Crippen LogP contribution in [-0.2, 0) is 4.79 Å². The molecule has 2 atom stereocenters. The van der Waals surface area contributed by atoms with Crippen molar-refractivity contribution in [3.63, 3.8) is 0 Å². The van der Waals surface area contributed by atoms with Crippen molar-refractivity contribution in [2.45, 2.75) is 30.8 Å². The van der Waals surface area contributed by atoms with Crippen LogP contribution in [0.25, 0.3) is 0 Å². The van der Waals surface area contributed by atoms with Gasteiger partial charge in [0.25, 0.3) is 5.92 Å². The maximum absolute atomic E-state index is 13.1. The Balaban J connectivity index is 0.00000176. The molecule has 0 spiro atoms. The fourth-order valence-corrected chi connectivity index (χ4v) is 2.83. The zero-order valence-electron chi connectivity index (χ0n) is 12.0. The molecule has 0 bridgehead atoms. The van der Waals surface area contributed by atoms with Gasteiger partial charge >= 0.3 is 0 Å². The highest BCUT2D eigenvalue weighted by Gasteiger charge is 2.42.